The lowest BCUT2D eigenvalue weighted by Crippen LogP contribution is -2.41. The molecule has 1 saturated heterocycles. The van der Waals surface area contributed by atoms with Crippen LogP contribution in [0.25, 0.3) is 0 Å². The number of rotatable bonds is 12. The molecule has 4 rings (SSSR count). The Morgan fingerprint density at radius 1 is 0.775 bits per heavy atom. The van der Waals surface area contributed by atoms with Crippen LogP contribution in [0, 0.1) is 0 Å². The Kier molecular flexibility index (Phi) is 11.1. The molecule has 0 atom stereocenters. The van der Waals surface area contributed by atoms with Crippen molar-refractivity contribution in [2.24, 2.45) is 0 Å². The van der Waals surface area contributed by atoms with Gasteiger partial charge in [-0.1, -0.05) is 91.9 Å². The molecule has 1 aliphatic heterocycles. The van der Waals surface area contributed by atoms with Gasteiger partial charge in [0.25, 0.3) is 0 Å². The topological polar surface area (TPSA) is 69.7 Å². The smallest absolute Gasteiger partial charge is 0.233 e. The lowest BCUT2D eigenvalue weighted by atomic mass is 9.89. The summed E-state index contributed by atoms with van der Waals surface area (Å²) in [5.74, 6) is 0.333. The normalized spacial score (nSPS) is 14.0. The first-order valence-electron chi connectivity index (χ1n) is 14.5. The highest BCUT2D eigenvalue weighted by molar-refractivity contribution is 5.97. The highest BCUT2D eigenvalue weighted by Crippen LogP contribution is 2.28. The molecule has 0 spiro atoms. The van der Waals surface area contributed by atoms with E-state index < -0.39 is 0 Å². The Balaban J connectivity index is 1.26. The summed E-state index contributed by atoms with van der Waals surface area (Å²) < 4.78 is 0. The Morgan fingerprint density at radius 3 is 1.85 bits per heavy atom. The van der Waals surface area contributed by atoms with E-state index in [1.807, 2.05) is 67.6 Å². The van der Waals surface area contributed by atoms with E-state index in [1.54, 1.807) is 0 Å². The fraction of sp³-hybridized carbons (Fsp3) is 0.382. The number of nitrogens with zero attached hydrogens (tertiary/aromatic N) is 2. The lowest BCUT2D eigenvalue weighted by molar-refractivity contribution is -0.144. The van der Waals surface area contributed by atoms with Gasteiger partial charge in [0.2, 0.25) is 17.7 Å². The van der Waals surface area contributed by atoms with E-state index in [0.717, 1.165) is 55.6 Å². The molecule has 40 heavy (non-hydrogen) atoms. The van der Waals surface area contributed by atoms with Crippen molar-refractivity contribution in [2.45, 2.75) is 57.9 Å². The molecule has 0 aliphatic carbocycles. The van der Waals surface area contributed by atoms with Gasteiger partial charge in [-0.05, 0) is 67.1 Å². The Labute approximate surface area is 238 Å². The predicted octanol–water partition coefficient (Wildman–Crippen LogP) is 5.12. The zero-order valence-corrected chi connectivity index (χ0v) is 23.6. The molecule has 6 nitrogen and oxygen atoms in total. The van der Waals surface area contributed by atoms with Crippen molar-refractivity contribution in [1.29, 1.82) is 0 Å². The van der Waals surface area contributed by atoms with Crippen LogP contribution in [0.2, 0.25) is 0 Å². The largest absolute Gasteiger partial charge is 0.352 e. The summed E-state index contributed by atoms with van der Waals surface area (Å²) in [6.07, 6.45) is 3.92. The van der Waals surface area contributed by atoms with Gasteiger partial charge < -0.3 is 10.2 Å². The minimum Gasteiger partial charge on any atom is -0.352 e. The van der Waals surface area contributed by atoms with Crippen LogP contribution in [0.4, 0.5) is 0 Å². The van der Waals surface area contributed by atoms with Crippen molar-refractivity contribution in [3.05, 3.63) is 107 Å². The molecule has 6 heteroatoms. The zero-order valence-electron chi connectivity index (χ0n) is 23.6. The predicted molar refractivity (Wildman–Crippen MR) is 159 cm³/mol. The van der Waals surface area contributed by atoms with Crippen molar-refractivity contribution < 1.29 is 14.4 Å². The highest BCUT2D eigenvalue weighted by atomic mass is 16.2. The molecule has 0 saturated carbocycles. The Morgan fingerprint density at radius 2 is 1.32 bits per heavy atom. The van der Waals surface area contributed by atoms with Crippen LogP contribution in [0.3, 0.4) is 0 Å². The number of imide groups is 1. The third kappa shape index (κ3) is 8.88. The van der Waals surface area contributed by atoms with E-state index in [0.29, 0.717) is 25.4 Å². The maximum absolute atomic E-state index is 13.2. The quantitative estimate of drug-likeness (QED) is 0.347. The number of benzene rings is 3. The molecule has 3 aromatic rings. The van der Waals surface area contributed by atoms with Crippen LogP contribution in [-0.4, -0.2) is 53.7 Å². The molecule has 3 aromatic carbocycles. The third-order valence-corrected chi connectivity index (χ3v) is 7.70. The molecule has 0 aromatic heterocycles. The summed E-state index contributed by atoms with van der Waals surface area (Å²) in [6, 6.07) is 27.9. The van der Waals surface area contributed by atoms with Crippen LogP contribution in [0.1, 0.15) is 60.8 Å². The minimum absolute atomic E-state index is 0.0701. The number of nitrogens with one attached hydrogen (secondary N) is 1. The second-order valence-electron chi connectivity index (χ2n) is 10.6. The summed E-state index contributed by atoms with van der Waals surface area (Å²) in [5, 5.41) is 2.93. The standard InChI is InChI=1S/C34H41N3O3/c1-2-32(38)35-26-29-14-16-30(17-15-29)31-18-22-36(23-19-31)20-9-21-37(33(39)24-27-10-5-3-6-11-27)34(40)25-28-12-7-4-8-13-28/h3-8,10-17,31H,2,9,18-26H2,1H3,(H,35,38). The zero-order chi connectivity index (χ0) is 28.2. The summed E-state index contributed by atoms with van der Waals surface area (Å²) in [5.41, 5.74) is 4.32. The van der Waals surface area contributed by atoms with Crippen molar-refractivity contribution in [2.75, 3.05) is 26.2 Å². The van der Waals surface area contributed by atoms with Gasteiger partial charge in [-0.2, -0.15) is 0 Å². The molecular weight excluding hydrogens is 498 g/mol. The van der Waals surface area contributed by atoms with E-state index >= 15 is 0 Å². The van der Waals surface area contributed by atoms with E-state index in [-0.39, 0.29) is 30.6 Å². The number of likely N-dealkylation sites (tertiary alicyclic amines) is 1. The van der Waals surface area contributed by atoms with Gasteiger partial charge in [-0.3, -0.25) is 19.3 Å². The molecule has 0 bridgehead atoms. The van der Waals surface area contributed by atoms with Gasteiger partial charge in [0, 0.05) is 19.5 Å². The summed E-state index contributed by atoms with van der Waals surface area (Å²) >= 11 is 0. The first-order valence-corrected chi connectivity index (χ1v) is 14.5. The second kappa shape index (κ2) is 15.1. The van der Waals surface area contributed by atoms with Crippen molar-refractivity contribution >= 4 is 17.7 Å². The van der Waals surface area contributed by atoms with Crippen LogP contribution in [0.15, 0.2) is 84.9 Å². The first-order chi connectivity index (χ1) is 19.5. The van der Waals surface area contributed by atoms with Crippen LogP contribution < -0.4 is 5.32 Å². The molecule has 0 radical (unpaired) electrons. The maximum Gasteiger partial charge on any atom is 0.233 e. The van der Waals surface area contributed by atoms with Crippen LogP contribution in [-0.2, 0) is 33.8 Å². The number of hydrogen-bond donors (Lipinski definition) is 1. The Bertz CT molecular complexity index is 1170. The highest BCUT2D eigenvalue weighted by Gasteiger charge is 2.24. The van der Waals surface area contributed by atoms with Gasteiger partial charge in [0.1, 0.15) is 0 Å². The molecule has 1 heterocycles. The molecule has 0 unspecified atom stereocenters. The SMILES string of the molecule is CCC(=O)NCc1ccc(C2CCN(CCCN(C(=O)Cc3ccccc3)C(=O)Cc3ccccc3)CC2)cc1. The molecule has 1 fully saturated rings. The van der Waals surface area contributed by atoms with Gasteiger partial charge in [0.15, 0.2) is 0 Å². The first kappa shape index (κ1) is 29.2. The monoisotopic (exact) mass is 539 g/mol. The van der Waals surface area contributed by atoms with Crippen molar-refractivity contribution in [3.8, 4) is 0 Å². The van der Waals surface area contributed by atoms with Crippen LogP contribution >= 0.6 is 0 Å². The average molecular weight is 540 g/mol. The third-order valence-electron chi connectivity index (χ3n) is 7.70. The fourth-order valence-electron chi connectivity index (χ4n) is 5.30. The maximum atomic E-state index is 13.2. The second-order valence-corrected chi connectivity index (χ2v) is 10.6. The molecule has 3 amide bonds. The van der Waals surface area contributed by atoms with E-state index in [1.165, 1.54) is 10.5 Å². The van der Waals surface area contributed by atoms with Gasteiger partial charge in [-0.15, -0.1) is 0 Å². The van der Waals surface area contributed by atoms with Crippen molar-refractivity contribution in [1.82, 2.24) is 15.1 Å². The lowest BCUT2D eigenvalue weighted by Gasteiger charge is -2.32. The molecule has 1 N–H and O–H groups in total. The van der Waals surface area contributed by atoms with Crippen molar-refractivity contribution in [3.63, 3.8) is 0 Å². The number of hydrogen-bond acceptors (Lipinski definition) is 4. The van der Waals surface area contributed by atoms with E-state index in [4.69, 9.17) is 0 Å². The summed E-state index contributed by atoms with van der Waals surface area (Å²) in [7, 11) is 0. The van der Waals surface area contributed by atoms with E-state index in [2.05, 4.69) is 34.5 Å². The number of carbonyl (C=O) groups is 3. The van der Waals surface area contributed by atoms with Gasteiger partial charge in [0.05, 0.1) is 12.8 Å². The van der Waals surface area contributed by atoms with Gasteiger partial charge >= 0.3 is 0 Å². The number of carbonyl (C=O) groups excluding carboxylic acids is 3. The van der Waals surface area contributed by atoms with Gasteiger partial charge in [-0.25, -0.2) is 0 Å². The summed E-state index contributed by atoms with van der Waals surface area (Å²) in [6.45, 7) is 5.76. The number of piperidine rings is 1. The summed E-state index contributed by atoms with van der Waals surface area (Å²) in [4.78, 5) is 41.8. The fourth-order valence-corrected chi connectivity index (χ4v) is 5.30. The Hall–Kier alpha value is -3.77. The van der Waals surface area contributed by atoms with E-state index in [9.17, 15) is 14.4 Å². The number of amides is 3. The minimum atomic E-state index is -0.136. The molecule has 1 aliphatic rings. The molecule has 210 valence electrons. The van der Waals surface area contributed by atoms with Crippen LogP contribution in [0.5, 0.6) is 0 Å². The average Bonchev–Trinajstić information content (AvgIpc) is 2.99. The molecular formula is C34H41N3O3.